The summed E-state index contributed by atoms with van der Waals surface area (Å²) < 4.78 is 22.2. The van der Waals surface area contributed by atoms with Crippen LogP contribution in [-0.4, -0.2) is 48.3 Å². The van der Waals surface area contributed by atoms with Crippen LogP contribution in [-0.2, 0) is 23.7 Å². The second-order valence-corrected chi connectivity index (χ2v) is 5.51. The van der Waals surface area contributed by atoms with Gasteiger partial charge >= 0.3 is 5.97 Å². The zero-order chi connectivity index (χ0) is 17.1. The van der Waals surface area contributed by atoms with Crippen LogP contribution in [0.5, 0.6) is 0 Å². The van der Waals surface area contributed by atoms with Gasteiger partial charge in [0.05, 0.1) is 6.61 Å². The van der Waals surface area contributed by atoms with E-state index in [9.17, 15) is 9.90 Å². The zero-order valence-electron chi connectivity index (χ0n) is 12.9. The van der Waals surface area contributed by atoms with E-state index >= 15 is 0 Å². The Morgan fingerprint density at radius 1 is 1.38 bits per heavy atom. The van der Waals surface area contributed by atoms with Gasteiger partial charge in [-0.05, 0) is 5.53 Å². The molecule has 128 valence electrons. The first-order chi connectivity index (χ1) is 11.6. The van der Waals surface area contributed by atoms with Gasteiger partial charge in [-0.2, -0.15) is 0 Å². The van der Waals surface area contributed by atoms with Gasteiger partial charge in [0.15, 0.2) is 12.6 Å². The lowest BCUT2D eigenvalue weighted by atomic mass is 9.96. The molecule has 0 aliphatic carbocycles. The van der Waals surface area contributed by atoms with Crippen molar-refractivity contribution in [3.05, 3.63) is 46.3 Å². The molecule has 0 saturated carbocycles. The number of carbonyl (C=O) groups excluding carboxylic acids is 1. The van der Waals surface area contributed by atoms with E-state index < -0.39 is 42.9 Å². The maximum absolute atomic E-state index is 11.4. The molecule has 0 radical (unpaired) electrons. The average Bonchev–Trinajstić information content (AvgIpc) is 2.58. The van der Waals surface area contributed by atoms with Gasteiger partial charge in [0.1, 0.15) is 24.4 Å². The van der Waals surface area contributed by atoms with Crippen molar-refractivity contribution in [1.29, 1.82) is 0 Å². The minimum absolute atomic E-state index is 0.141. The second kappa shape index (κ2) is 7.16. The number of rotatable bonds is 3. The van der Waals surface area contributed by atoms with Crippen molar-refractivity contribution in [3.8, 4) is 0 Å². The Balaban J connectivity index is 1.86. The summed E-state index contributed by atoms with van der Waals surface area (Å²) >= 11 is 0. The number of azide groups is 1. The lowest BCUT2D eigenvalue weighted by Crippen LogP contribution is -2.62. The summed E-state index contributed by atoms with van der Waals surface area (Å²) in [5.41, 5.74) is 9.50. The Morgan fingerprint density at radius 3 is 2.79 bits per heavy atom. The van der Waals surface area contributed by atoms with Gasteiger partial charge in [-0.3, -0.25) is 4.79 Å². The second-order valence-electron chi connectivity index (χ2n) is 5.51. The van der Waals surface area contributed by atoms with Gasteiger partial charge in [-0.25, -0.2) is 0 Å². The minimum atomic E-state index is -1.41. The van der Waals surface area contributed by atoms with E-state index in [1.165, 1.54) is 6.92 Å². The number of hydrogen-bond acceptors (Lipinski definition) is 7. The van der Waals surface area contributed by atoms with E-state index in [4.69, 9.17) is 24.5 Å². The van der Waals surface area contributed by atoms with Crippen molar-refractivity contribution in [2.24, 2.45) is 5.11 Å². The third-order valence-corrected chi connectivity index (χ3v) is 3.88. The average molecular weight is 335 g/mol. The molecule has 24 heavy (non-hydrogen) atoms. The van der Waals surface area contributed by atoms with Crippen LogP contribution >= 0.6 is 0 Å². The molecule has 6 atom stereocenters. The lowest BCUT2D eigenvalue weighted by Gasteiger charge is -2.46. The van der Waals surface area contributed by atoms with Crippen LogP contribution in [0.4, 0.5) is 0 Å². The van der Waals surface area contributed by atoms with Gasteiger partial charge in [0.2, 0.25) is 0 Å². The standard InChI is InChI=1S/C15H17N3O6/c1-8(19)22-13-11(17-18-16)14(20)23-10-7-21-15(24-12(10)13)9-5-3-2-4-6-9/h2-6,10-15,20H,7H2,1H3/t10-,11-,12-,13-,14?,15-/m1/s1. The van der Waals surface area contributed by atoms with Crippen LogP contribution in [0.2, 0.25) is 0 Å². The first kappa shape index (κ1) is 16.7. The predicted molar refractivity (Wildman–Crippen MR) is 79.4 cm³/mol. The monoisotopic (exact) mass is 335 g/mol. The Hall–Kier alpha value is -2.16. The summed E-state index contributed by atoms with van der Waals surface area (Å²) in [4.78, 5) is 14.1. The van der Waals surface area contributed by atoms with E-state index in [1.807, 2.05) is 30.3 Å². The van der Waals surface area contributed by atoms with Gasteiger partial charge in [0, 0.05) is 17.4 Å². The molecule has 0 spiro atoms. The summed E-state index contributed by atoms with van der Waals surface area (Å²) in [6, 6.07) is 8.15. The number of esters is 1. The fourth-order valence-corrected chi connectivity index (χ4v) is 2.86. The summed E-state index contributed by atoms with van der Waals surface area (Å²) in [5, 5.41) is 13.5. The van der Waals surface area contributed by atoms with Crippen molar-refractivity contribution in [3.63, 3.8) is 0 Å². The number of nitrogens with zero attached hydrogens (tertiary/aromatic N) is 3. The minimum Gasteiger partial charge on any atom is -0.459 e. The Kier molecular flexibility index (Phi) is 4.98. The van der Waals surface area contributed by atoms with Crippen LogP contribution in [0.1, 0.15) is 18.8 Å². The van der Waals surface area contributed by atoms with E-state index in [0.29, 0.717) is 0 Å². The molecule has 2 fully saturated rings. The molecule has 2 aliphatic heterocycles. The molecular formula is C15H17N3O6. The van der Waals surface area contributed by atoms with Crippen LogP contribution in [0, 0.1) is 0 Å². The molecule has 3 rings (SSSR count). The number of ether oxygens (including phenoxy) is 4. The Labute approximate surface area is 137 Å². The van der Waals surface area contributed by atoms with Gasteiger partial charge in [-0.15, -0.1) is 0 Å². The molecule has 2 saturated heterocycles. The SMILES string of the molecule is CC(=O)O[C@H]1[C@@H]2O[C@H](c3ccccc3)OC[C@H]2OC(O)[C@@H]1N=[N+]=[N-]. The van der Waals surface area contributed by atoms with Crippen molar-refractivity contribution in [1.82, 2.24) is 0 Å². The molecule has 1 aromatic carbocycles. The molecule has 0 amide bonds. The van der Waals surface area contributed by atoms with Gasteiger partial charge in [0.25, 0.3) is 0 Å². The highest BCUT2D eigenvalue weighted by molar-refractivity contribution is 5.66. The molecule has 1 unspecified atom stereocenters. The van der Waals surface area contributed by atoms with Crippen LogP contribution in [0.25, 0.3) is 10.4 Å². The van der Waals surface area contributed by atoms with Crippen LogP contribution in [0.15, 0.2) is 35.4 Å². The number of carbonyl (C=O) groups is 1. The van der Waals surface area contributed by atoms with E-state index in [1.54, 1.807) is 0 Å². The van der Waals surface area contributed by atoms with E-state index in [2.05, 4.69) is 10.0 Å². The van der Waals surface area contributed by atoms with Crippen LogP contribution in [0.3, 0.4) is 0 Å². The highest BCUT2D eigenvalue weighted by Gasteiger charge is 2.51. The summed E-state index contributed by atoms with van der Waals surface area (Å²) in [7, 11) is 0. The smallest absolute Gasteiger partial charge is 0.303 e. The quantitative estimate of drug-likeness (QED) is 0.386. The van der Waals surface area contributed by atoms with Crippen molar-refractivity contribution in [2.75, 3.05) is 6.61 Å². The van der Waals surface area contributed by atoms with Crippen molar-refractivity contribution < 1.29 is 28.8 Å². The predicted octanol–water partition coefficient (Wildman–Crippen LogP) is 1.43. The molecule has 2 heterocycles. The molecular weight excluding hydrogens is 318 g/mol. The molecule has 0 aromatic heterocycles. The molecule has 9 nitrogen and oxygen atoms in total. The summed E-state index contributed by atoms with van der Waals surface area (Å²) in [6.45, 7) is 1.38. The molecule has 1 N–H and O–H groups in total. The number of fused-ring (bicyclic) bond motifs is 1. The van der Waals surface area contributed by atoms with Gasteiger partial charge < -0.3 is 24.1 Å². The highest BCUT2D eigenvalue weighted by Crippen LogP contribution is 2.35. The number of aliphatic hydroxyl groups excluding tert-OH is 1. The molecule has 9 heteroatoms. The molecule has 1 aromatic rings. The maximum Gasteiger partial charge on any atom is 0.303 e. The fraction of sp³-hybridized carbons (Fsp3) is 0.533. The summed E-state index contributed by atoms with van der Waals surface area (Å²) in [5.74, 6) is -0.572. The normalized spacial score (nSPS) is 35.4. The first-order valence-electron chi connectivity index (χ1n) is 7.47. The topological polar surface area (TPSA) is 123 Å². The van der Waals surface area contributed by atoms with Crippen LogP contribution < -0.4 is 0 Å². The number of hydrogen-bond donors (Lipinski definition) is 1. The molecule has 0 bridgehead atoms. The van der Waals surface area contributed by atoms with Crippen molar-refractivity contribution >= 4 is 5.97 Å². The highest BCUT2D eigenvalue weighted by atomic mass is 16.7. The molecule has 2 aliphatic rings. The third kappa shape index (κ3) is 3.35. The largest absolute Gasteiger partial charge is 0.459 e. The van der Waals surface area contributed by atoms with E-state index in [-0.39, 0.29) is 6.61 Å². The first-order valence-corrected chi connectivity index (χ1v) is 7.47. The summed E-state index contributed by atoms with van der Waals surface area (Å²) in [6.07, 6.45) is -4.42. The maximum atomic E-state index is 11.4. The van der Waals surface area contributed by atoms with Crippen molar-refractivity contribution in [2.45, 2.75) is 43.9 Å². The Morgan fingerprint density at radius 2 is 2.12 bits per heavy atom. The fourth-order valence-electron chi connectivity index (χ4n) is 2.86. The van der Waals surface area contributed by atoms with Gasteiger partial charge in [-0.1, -0.05) is 35.4 Å². The number of aliphatic hydroxyl groups is 1. The number of benzene rings is 1. The third-order valence-electron chi connectivity index (χ3n) is 3.88. The Bertz CT molecular complexity index is 635. The van der Waals surface area contributed by atoms with E-state index in [0.717, 1.165) is 5.56 Å². The zero-order valence-corrected chi connectivity index (χ0v) is 12.9. The lowest BCUT2D eigenvalue weighted by molar-refractivity contribution is -0.336.